The highest BCUT2D eigenvalue weighted by atomic mass is 16.6. The van der Waals surface area contributed by atoms with Gasteiger partial charge >= 0.3 is 5.97 Å². The number of esters is 1. The Bertz CT molecular complexity index is 789. The minimum Gasteiger partial charge on any atom is -0.493 e. The third-order valence-corrected chi connectivity index (χ3v) is 4.49. The summed E-state index contributed by atoms with van der Waals surface area (Å²) in [4.78, 5) is 34.9. The van der Waals surface area contributed by atoms with Crippen molar-refractivity contribution >= 4 is 17.6 Å². The first-order chi connectivity index (χ1) is 14.0. The topological polar surface area (TPSA) is 117 Å². The number of nitrogens with zero attached hydrogens (tertiary/aromatic N) is 1. The standard InChI is InChI=1S/C20H26N2O7/c1-3-28-18-11-15(16(22(25)26)12-17(18)27-2)20(24)29-13-19(23)21-10-9-14-7-5-4-6-8-14/h7,11-12H,3-6,8-10,13H2,1-2H3,(H,21,23). The summed E-state index contributed by atoms with van der Waals surface area (Å²) < 4.78 is 15.4. The van der Waals surface area contributed by atoms with E-state index >= 15 is 0 Å². The van der Waals surface area contributed by atoms with Gasteiger partial charge in [-0.15, -0.1) is 0 Å². The lowest BCUT2D eigenvalue weighted by atomic mass is 9.97. The van der Waals surface area contributed by atoms with E-state index in [1.165, 1.54) is 31.6 Å². The number of amides is 1. The van der Waals surface area contributed by atoms with Crippen LogP contribution in [0.1, 0.15) is 49.4 Å². The molecule has 2 rings (SSSR count). The van der Waals surface area contributed by atoms with Crippen molar-refractivity contribution in [2.75, 3.05) is 26.9 Å². The summed E-state index contributed by atoms with van der Waals surface area (Å²) in [6, 6.07) is 2.29. The zero-order valence-electron chi connectivity index (χ0n) is 16.7. The van der Waals surface area contributed by atoms with E-state index in [0.717, 1.165) is 25.3 Å². The molecule has 0 bridgehead atoms. The Labute approximate surface area is 169 Å². The number of ether oxygens (including phenoxy) is 3. The first kappa shape index (κ1) is 22.2. The molecule has 0 saturated heterocycles. The monoisotopic (exact) mass is 406 g/mol. The van der Waals surface area contributed by atoms with Crippen LogP contribution in [0.2, 0.25) is 0 Å². The molecule has 29 heavy (non-hydrogen) atoms. The predicted octanol–water partition coefficient (Wildman–Crippen LogP) is 3.17. The Morgan fingerprint density at radius 1 is 1.24 bits per heavy atom. The zero-order chi connectivity index (χ0) is 21.2. The molecule has 0 atom stereocenters. The van der Waals surface area contributed by atoms with Crippen LogP contribution in [0.25, 0.3) is 0 Å². The number of allylic oxidation sites excluding steroid dienone is 1. The largest absolute Gasteiger partial charge is 0.493 e. The van der Waals surface area contributed by atoms with Gasteiger partial charge in [-0.2, -0.15) is 0 Å². The molecule has 1 N–H and O–H groups in total. The van der Waals surface area contributed by atoms with Crippen LogP contribution in [-0.2, 0) is 9.53 Å². The summed E-state index contributed by atoms with van der Waals surface area (Å²) in [6.07, 6.45) is 7.46. The molecule has 1 aliphatic carbocycles. The van der Waals surface area contributed by atoms with E-state index in [2.05, 4.69) is 11.4 Å². The summed E-state index contributed by atoms with van der Waals surface area (Å²) in [5, 5.41) is 14.0. The molecule has 0 unspecified atom stereocenters. The fourth-order valence-corrected chi connectivity index (χ4v) is 3.05. The molecule has 0 radical (unpaired) electrons. The number of nitro groups is 1. The number of hydrogen-bond donors (Lipinski definition) is 1. The number of benzene rings is 1. The molecule has 0 saturated carbocycles. The van der Waals surface area contributed by atoms with Crippen LogP contribution in [0.5, 0.6) is 11.5 Å². The van der Waals surface area contributed by atoms with Crippen LogP contribution in [0.4, 0.5) is 5.69 Å². The average molecular weight is 406 g/mol. The number of nitro benzene ring substituents is 1. The average Bonchev–Trinajstić information content (AvgIpc) is 2.72. The van der Waals surface area contributed by atoms with Gasteiger partial charge in [0.1, 0.15) is 5.56 Å². The van der Waals surface area contributed by atoms with E-state index in [1.807, 2.05) is 0 Å². The van der Waals surface area contributed by atoms with Crippen LogP contribution < -0.4 is 14.8 Å². The van der Waals surface area contributed by atoms with Crippen molar-refractivity contribution in [1.82, 2.24) is 5.32 Å². The molecule has 1 aromatic carbocycles. The summed E-state index contributed by atoms with van der Waals surface area (Å²) in [5.41, 5.74) is 0.533. The second-order valence-corrected chi connectivity index (χ2v) is 6.49. The molecule has 158 valence electrons. The quantitative estimate of drug-likeness (QED) is 0.274. The van der Waals surface area contributed by atoms with Gasteiger partial charge in [0.2, 0.25) is 0 Å². The van der Waals surface area contributed by atoms with Crippen molar-refractivity contribution < 1.29 is 28.7 Å². The Balaban J connectivity index is 1.96. The first-order valence-electron chi connectivity index (χ1n) is 9.57. The summed E-state index contributed by atoms with van der Waals surface area (Å²) in [5.74, 6) is -1.14. The third kappa shape index (κ3) is 6.48. The lowest BCUT2D eigenvalue weighted by molar-refractivity contribution is -0.385. The summed E-state index contributed by atoms with van der Waals surface area (Å²) >= 11 is 0. The zero-order valence-corrected chi connectivity index (χ0v) is 16.7. The van der Waals surface area contributed by atoms with Gasteiger partial charge in [-0.1, -0.05) is 11.6 Å². The predicted molar refractivity (Wildman–Crippen MR) is 105 cm³/mol. The number of carbonyl (C=O) groups excluding carboxylic acids is 2. The smallest absolute Gasteiger partial charge is 0.345 e. The highest BCUT2D eigenvalue weighted by molar-refractivity contribution is 5.96. The van der Waals surface area contributed by atoms with Crippen molar-refractivity contribution in [3.63, 3.8) is 0 Å². The Morgan fingerprint density at radius 3 is 2.66 bits per heavy atom. The number of nitrogens with one attached hydrogen (secondary N) is 1. The normalized spacial score (nSPS) is 13.2. The van der Waals surface area contributed by atoms with Gasteiger partial charge in [-0.25, -0.2) is 4.79 Å². The lowest BCUT2D eigenvalue weighted by Gasteiger charge is -2.13. The first-order valence-corrected chi connectivity index (χ1v) is 9.57. The van der Waals surface area contributed by atoms with Gasteiger partial charge in [0, 0.05) is 12.6 Å². The van der Waals surface area contributed by atoms with Crippen molar-refractivity contribution in [3.05, 3.63) is 39.5 Å². The molecular formula is C20H26N2O7. The van der Waals surface area contributed by atoms with Gasteiger partial charge in [0.15, 0.2) is 18.1 Å². The van der Waals surface area contributed by atoms with Gasteiger partial charge in [-0.05, 0) is 39.0 Å². The van der Waals surface area contributed by atoms with E-state index < -0.39 is 29.1 Å². The van der Waals surface area contributed by atoms with Crippen LogP contribution in [0.15, 0.2) is 23.8 Å². The molecule has 0 heterocycles. The maximum Gasteiger partial charge on any atom is 0.345 e. The number of methoxy groups -OCH3 is 1. The van der Waals surface area contributed by atoms with Gasteiger partial charge in [0.05, 0.1) is 24.7 Å². The van der Waals surface area contributed by atoms with Crippen LogP contribution in [-0.4, -0.2) is 43.7 Å². The van der Waals surface area contributed by atoms with Gasteiger partial charge in [-0.3, -0.25) is 14.9 Å². The molecule has 1 aliphatic rings. The summed E-state index contributed by atoms with van der Waals surface area (Å²) in [6.45, 7) is 1.94. The maximum atomic E-state index is 12.3. The van der Waals surface area contributed by atoms with Crippen molar-refractivity contribution in [3.8, 4) is 11.5 Å². The molecule has 9 heteroatoms. The fourth-order valence-electron chi connectivity index (χ4n) is 3.05. The molecule has 9 nitrogen and oxygen atoms in total. The molecule has 0 spiro atoms. The van der Waals surface area contributed by atoms with E-state index in [1.54, 1.807) is 6.92 Å². The molecule has 0 aliphatic heterocycles. The lowest BCUT2D eigenvalue weighted by Crippen LogP contribution is -2.30. The van der Waals surface area contributed by atoms with E-state index in [4.69, 9.17) is 14.2 Å². The second kappa shape index (κ2) is 11.0. The fraction of sp³-hybridized carbons (Fsp3) is 0.500. The Morgan fingerprint density at radius 2 is 2.03 bits per heavy atom. The van der Waals surface area contributed by atoms with Crippen molar-refractivity contribution in [2.24, 2.45) is 0 Å². The van der Waals surface area contributed by atoms with Gasteiger partial charge < -0.3 is 19.5 Å². The third-order valence-electron chi connectivity index (χ3n) is 4.49. The number of carbonyl (C=O) groups is 2. The highest BCUT2D eigenvalue weighted by Gasteiger charge is 2.26. The van der Waals surface area contributed by atoms with E-state index in [0.29, 0.717) is 6.54 Å². The highest BCUT2D eigenvalue weighted by Crippen LogP contribution is 2.35. The molecular weight excluding hydrogens is 380 g/mol. The van der Waals surface area contributed by atoms with Crippen LogP contribution in [0, 0.1) is 10.1 Å². The van der Waals surface area contributed by atoms with Crippen molar-refractivity contribution in [2.45, 2.75) is 39.0 Å². The Hall–Kier alpha value is -3.10. The van der Waals surface area contributed by atoms with Crippen molar-refractivity contribution in [1.29, 1.82) is 0 Å². The minimum atomic E-state index is -0.981. The molecule has 0 aromatic heterocycles. The maximum absolute atomic E-state index is 12.3. The van der Waals surface area contributed by atoms with Gasteiger partial charge in [0.25, 0.3) is 11.6 Å². The Kier molecular flexibility index (Phi) is 8.45. The minimum absolute atomic E-state index is 0.130. The number of hydrogen-bond acceptors (Lipinski definition) is 7. The number of rotatable bonds is 10. The second-order valence-electron chi connectivity index (χ2n) is 6.49. The van der Waals surface area contributed by atoms with E-state index in [-0.39, 0.29) is 23.7 Å². The SMILES string of the molecule is CCOc1cc(C(=O)OCC(=O)NCCC2=CCCCC2)c([N+](=O)[O-])cc1OC. The molecule has 1 aromatic rings. The molecule has 0 fully saturated rings. The van der Waals surface area contributed by atoms with Crippen LogP contribution >= 0.6 is 0 Å². The molecule has 1 amide bonds. The van der Waals surface area contributed by atoms with E-state index in [9.17, 15) is 19.7 Å². The van der Waals surface area contributed by atoms with Crippen LogP contribution in [0.3, 0.4) is 0 Å². The summed E-state index contributed by atoms with van der Waals surface area (Å²) in [7, 11) is 1.34.